The molecule has 0 bridgehead atoms. The van der Waals surface area contributed by atoms with Gasteiger partial charge in [-0.25, -0.2) is 14.7 Å². The molecule has 0 radical (unpaired) electrons. The van der Waals surface area contributed by atoms with Crippen molar-refractivity contribution in [2.24, 2.45) is 47.3 Å². The van der Waals surface area contributed by atoms with Crippen LogP contribution in [0.4, 0.5) is 0 Å². The number of carboxylic acid groups (broad SMARTS) is 1. The Bertz CT molecular complexity index is 632. The molecule has 8 heteroatoms. The van der Waals surface area contributed by atoms with E-state index in [1.165, 1.54) is 6.42 Å². The first kappa shape index (κ1) is 27.4. The SMILES string of the molecule is CC1CCC(COOCC2CCC(COC(=O)C3CCC(C)CC3C(=O)O)CC2)C(COO)C1. The van der Waals surface area contributed by atoms with Gasteiger partial charge in [0.1, 0.15) is 0 Å². The molecule has 196 valence electrons. The molecule has 3 rings (SSSR count). The molecule has 6 atom stereocenters. The largest absolute Gasteiger partial charge is 0.481 e. The molecule has 6 unspecified atom stereocenters. The lowest BCUT2D eigenvalue weighted by molar-refractivity contribution is -0.316. The summed E-state index contributed by atoms with van der Waals surface area (Å²) in [6, 6.07) is 0. The summed E-state index contributed by atoms with van der Waals surface area (Å²) in [5.74, 6) is 0.0677. The summed E-state index contributed by atoms with van der Waals surface area (Å²) < 4.78 is 5.59. The molecule has 0 heterocycles. The van der Waals surface area contributed by atoms with Crippen molar-refractivity contribution in [3.63, 3.8) is 0 Å². The predicted molar refractivity (Wildman–Crippen MR) is 125 cm³/mol. The molecule has 2 N–H and O–H groups in total. The molecule has 34 heavy (non-hydrogen) atoms. The van der Waals surface area contributed by atoms with Gasteiger partial charge in [-0.1, -0.05) is 20.3 Å². The summed E-state index contributed by atoms with van der Waals surface area (Å²) in [6.07, 6.45) is 9.28. The summed E-state index contributed by atoms with van der Waals surface area (Å²) in [4.78, 5) is 39.6. The Kier molecular flexibility index (Phi) is 11.1. The second-order valence-corrected chi connectivity index (χ2v) is 11.3. The molecule has 0 amide bonds. The van der Waals surface area contributed by atoms with Gasteiger partial charge in [-0.05, 0) is 93.3 Å². The molecule has 0 aliphatic heterocycles. The maximum Gasteiger partial charge on any atom is 0.309 e. The Morgan fingerprint density at radius 1 is 0.706 bits per heavy atom. The van der Waals surface area contributed by atoms with Crippen LogP contribution in [0.3, 0.4) is 0 Å². The van der Waals surface area contributed by atoms with Crippen LogP contribution in [-0.2, 0) is 29.0 Å². The van der Waals surface area contributed by atoms with E-state index < -0.39 is 17.8 Å². The monoisotopic (exact) mass is 484 g/mol. The Hall–Kier alpha value is -1.22. The van der Waals surface area contributed by atoms with E-state index in [1.807, 2.05) is 6.92 Å². The average molecular weight is 485 g/mol. The highest BCUT2D eigenvalue weighted by atomic mass is 17.2. The number of hydrogen-bond donors (Lipinski definition) is 2. The van der Waals surface area contributed by atoms with Crippen molar-refractivity contribution in [3.8, 4) is 0 Å². The van der Waals surface area contributed by atoms with E-state index in [0.717, 1.165) is 44.9 Å². The lowest BCUT2D eigenvalue weighted by atomic mass is 9.74. The van der Waals surface area contributed by atoms with Crippen molar-refractivity contribution in [3.05, 3.63) is 0 Å². The van der Waals surface area contributed by atoms with Crippen LogP contribution in [0.2, 0.25) is 0 Å². The second kappa shape index (κ2) is 13.8. The fourth-order valence-corrected chi connectivity index (χ4v) is 6.17. The van der Waals surface area contributed by atoms with Crippen LogP contribution in [0.25, 0.3) is 0 Å². The van der Waals surface area contributed by atoms with E-state index in [4.69, 9.17) is 19.8 Å². The molecular weight excluding hydrogens is 440 g/mol. The highest BCUT2D eigenvalue weighted by molar-refractivity contribution is 5.81. The molecule has 3 saturated carbocycles. The first-order chi connectivity index (χ1) is 16.4. The molecule has 3 aliphatic rings. The maximum atomic E-state index is 12.6. The van der Waals surface area contributed by atoms with Crippen LogP contribution in [0.5, 0.6) is 0 Å². The molecule has 0 saturated heterocycles. The number of ether oxygens (including phenoxy) is 1. The van der Waals surface area contributed by atoms with E-state index in [0.29, 0.717) is 74.8 Å². The third kappa shape index (κ3) is 8.18. The average Bonchev–Trinajstić information content (AvgIpc) is 2.82. The van der Waals surface area contributed by atoms with Crippen molar-refractivity contribution in [2.45, 2.75) is 78.1 Å². The Labute approximate surface area is 203 Å². The van der Waals surface area contributed by atoms with Gasteiger partial charge in [0.2, 0.25) is 0 Å². The lowest BCUT2D eigenvalue weighted by Gasteiger charge is -2.33. The third-order valence-electron chi connectivity index (χ3n) is 8.52. The first-order valence-electron chi connectivity index (χ1n) is 13.3. The van der Waals surface area contributed by atoms with Crippen molar-refractivity contribution < 1.29 is 39.4 Å². The minimum Gasteiger partial charge on any atom is -0.481 e. The number of carbonyl (C=O) groups excluding carboxylic acids is 1. The van der Waals surface area contributed by atoms with Gasteiger partial charge in [0.25, 0.3) is 0 Å². The summed E-state index contributed by atoms with van der Waals surface area (Å²) in [6.45, 7) is 6.11. The summed E-state index contributed by atoms with van der Waals surface area (Å²) >= 11 is 0. The second-order valence-electron chi connectivity index (χ2n) is 11.3. The van der Waals surface area contributed by atoms with Crippen molar-refractivity contribution in [2.75, 3.05) is 26.4 Å². The van der Waals surface area contributed by atoms with Gasteiger partial charge in [0.15, 0.2) is 0 Å². The standard InChI is InChI=1S/C26H44O8/c1-17-3-9-21(22(11-17)15-32-30)16-34-33-14-20-7-5-19(6-8-20)13-31-26(29)23-10-4-18(2)12-24(23)25(27)28/h17-24,30H,3-16H2,1-2H3,(H,27,28). The number of hydrogen-bond acceptors (Lipinski definition) is 7. The quantitative estimate of drug-likeness (QED) is 0.183. The van der Waals surface area contributed by atoms with Gasteiger partial charge in [-0.2, -0.15) is 0 Å². The van der Waals surface area contributed by atoms with Gasteiger partial charge in [0.05, 0.1) is 38.3 Å². The highest BCUT2D eigenvalue weighted by Gasteiger charge is 2.39. The summed E-state index contributed by atoms with van der Waals surface area (Å²) in [5, 5.41) is 18.3. The van der Waals surface area contributed by atoms with Gasteiger partial charge in [-0.15, -0.1) is 0 Å². The van der Waals surface area contributed by atoms with Gasteiger partial charge < -0.3 is 9.84 Å². The van der Waals surface area contributed by atoms with E-state index in [9.17, 15) is 14.7 Å². The first-order valence-corrected chi connectivity index (χ1v) is 13.3. The van der Waals surface area contributed by atoms with Crippen LogP contribution in [-0.4, -0.2) is 48.7 Å². The zero-order valence-corrected chi connectivity index (χ0v) is 20.9. The molecule has 0 aromatic rings. The molecule has 3 fully saturated rings. The van der Waals surface area contributed by atoms with E-state index >= 15 is 0 Å². The van der Waals surface area contributed by atoms with Crippen LogP contribution >= 0.6 is 0 Å². The number of esters is 1. The van der Waals surface area contributed by atoms with E-state index in [1.54, 1.807) is 0 Å². The minimum atomic E-state index is -0.883. The van der Waals surface area contributed by atoms with Crippen molar-refractivity contribution >= 4 is 11.9 Å². The zero-order valence-electron chi connectivity index (χ0n) is 20.9. The number of carboxylic acids is 1. The minimum absolute atomic E-state index is 0.304. The lowest BCUT2D eigenvalue weighted by Crippen LogP contribution is -2.36. The van der Waals surface area contributed by atoms with Gasteiger partial charge >= 0.3 is 11.9 Å². The number of carbonyl (C=O) groups is 2. The molecular formula is C26H44O8. The molecule has 8 nitrogen and oxygen atoms in total. The molecule has 0 aromatic heterocycles. The van der Waals surface area contributed by atoms with Gasteiger partial charge in [0, 0.05) is 0 Å². The maximum absolute atomic E-state index is 12.6. The summed E-state index contributed by atoms with van der Waals surface area (Å²) in [5.41, 5.74) is 0. The van der Waals surface area contributed by atoms with Crippen molar-refractivity contribution in [1.82, 2.24) is 0 Å². The smallest absolute Gasteiger partial charge is 0.309 e. The number of aliphatic carboxylic acids is 1. The summed E-state index contributed by atoms with van der Waals surface area (Å²) in [7, 11) is 0. The van der Waals surface area contributed by atoms with Crippen LogP contribution < -0.4 is 0 Å². The normalized spacial score (nSPS) is 36.7. The molecule has 0 spiro atoms. The van der Waals surface area contributed by atoms with Crippen LogP contribution in [0.1, 0.15) is 78.1 Å². The van der Waals surface area contributed by atoms with Crippen LogP contribution in [0.15, 0.2) is 0 Å². The van der Waals surface area contributed by atoms with E-state index in [2.05, 4.69) is 11.8 Å². The van der Waals surface area contributed by atoms with Gasteiger partial charge in [-0.3, -0.25) is 14.8 Å². The Morgan fingerprint density at radius 3 is 2.00 bits per heavy atom. The topological polar surface area (TPSA) is 112 Å². The van der Waals surface area contributed by atoms with Crippen LogP contribution in [0, 0.1) is 47.3 Å². The predicted octanol–water partition coefficient (Wildman–Crippen LogP) is 4.96. The Balaban J connectivity index is 1.29. The van der Waals surface area contributed by atoms with E-state index in [-0.39, 0.29) is 5.97 Å². The molecule has 3 aliphatic carbocycles. The Morgan fingerprint density at radius 2 is 1.32 bits per heavy atom. The highest BCUT2D eigenvalue weighted by Crippen LogP contribution is 2.36. The molecule has 0 aromatic carbocycles. The zero-order chi connectivity index (χ0) is 24.5. The van der Waals surface area contributed by atoms with Crippen molar-refractivity contribution in [1.29, 1.82) is 0 Å². The fraction of sp³-hybridized carbons (Fsp3) is 0.923. The number of rotatable bonds is 11. The third-order valence-corrected chi connectivity index (χ3v) is 8.52. The fourth-order valence-electron chi connectivity index (χ4n) is 6.17.